The molecule has 11 heteroatoms. The van der Waals surface area contributed by atoms with Gasteiger partial charge >= 0.3 is 5.92 Å². The molecule has 39 heavy (non-hydrogen) atoms. The van der Waals surface area contributed by atoms with E-state index in [1.54, 1.807) is 18.2 Å². The molecule has 2 aliphatic rings. The maximum absolute atomic E-state index is 15.3. The van der Waals surface area contributed by atoms with Crippen molar-refractivity contribution in [1.82, 2.24) is 10.2 Å². The lowest BCUT2D eigenvalue weighted by Crippen LogP contribution is -2.50. The molecule has 2 aromatic carbocycles. The summed E-state index contributed by atoms with van der Waals surface area (Å²) in [4.78, 5) is 15.0. The van der Waals surface area contributed by atoms with Gasteiger partial charge < -0.3 is 29.2 Å². The number of carbonyl (C=O) groups excluding carboxylic acids is 1. The van der Waals surface area contributed by atoms with Gasteiger partial charge in [-0.05, 0) is 67.9 Å². The number of rotatable bonds is 9. The molecular formula is C28H30Cl2F2N2O5. The molecule has 0 saturated carbocycles. The Kier molecular flexibility index (Phi) is 8.63. The number of ether oxygens (including phenoxy) is 2. The molecule has 0 bridgehead atoms. The molecule has 0 spiro atoms. The maximum atomic E-state index is 15.3. The van der Waals surface area contributed by atoms with E-state index in [1.807, 2.05) is 4.90 Å². The van der Waals surface area contributed by atoms with Crippen molar-refractivity contribution in [2.75, 3.05) is 32.8 Å². The van der Waals surface area contributed by atoms with E-state index >= 15 is 8.78 Å². The summed E-state index contributed by atoms with van der Waals surface area (Å²) in [6.45, 7) is 2.92. The molecule has 2 atom stereocenters. The van der Waals surface area contributed by atoms with Crippen LogP contribution in [0.1, 0.15) is 43.1 Å². The molecule has 1 amide bonds. The number of benzene rings is 2. The normalized spacial score (nSPS) is 18.8. The van der Waals surface area contributed by atoms with Crippen molar-refractivity contribution in [2.45, 2.75) is 49.9 Å². The number of alkyl halides is 2. The van der Waals surface area contributed by atoms with Gasteiger partial charge in [-0.1, -0.05) is 29.3 Å². The van der Waals surface area contributed by atoms with Crippen molar-refractivity contribution in [3.63, 3.8) is 0 Å². The first kappa shape index (κ1) is 28.1. The van der Waals surface area contributed by atoms with Crippen LogP contribution in [-0.2, 0) is 15.5 Å². The smallest absolute Gasteiger partial charge is 0.380 e. The standard InChI is InChI=1S/C28H30Cl2F2N2O5/c29-19-4-6-23-18(13-19)15-25(39-23)28(31,32)27(36)33-22(16-34-9-1-2-10-34)26(35)17-3-5-24(21(30)14-17)38-20-7-11-37-12-8-20/h3-6,13-15,20,22,26,35H,1-2,7-12,16H2,(H,33,36)/t22-,26+/m1/s1. The minimum atomic E-state index is -3.98. The van der Waals surface area contributed by atoms with E-state index in [4.69, 9.17) is 37.1 Å². The predicted molar refractivity (Wildman–Crippen MR) is 144 cm³/mol. The quantitative estimate of drug-likeness (QED) is 0.336. The summed E-state index contributed by atoms with van der Waals surface area (Å²) in [7, 11) is 0. The van der Waals surface area contributed by atoms with Gasteiger partial charge in [0.2, 0.25) is 0 Å². The van der Waals surface area contributed by atoms with Crippen molar-refractivity contribution in [2.24, 2.45) is 0 Å². The number of likely N-dealkylation sites (tertiary alicyclic amines) is 1. The number of furan rings is 1. The molecule has 2 aliphatic heterocycles. The first-order chi connectivity index (χ1) is 18.7. The van der Waals surface area contributed by atoms with Gasteiger partial charge in [-0.3, -0.25) is 4.79 Å². The highest BCUT2D eigenvalue weighted by Crippen LogP contribution is 2.35. The van der Waals surface area contributed by atoms with Crippen LogP contribution < -0.4 is 10.1 Å². The number of nitrogens with one attached hydrogen (secondary N) is 1. The number of hydrogen-bond acceptors (Lipinski definition) is 6. The fraction of sp³-hybridized carbons (Fsp3) is 0.464. The van der Waals surface area contributed by atoms with Gasteiger partial charge in [-0.25, -0.2) is 0 Å². The summed E-state index contributed by atoms with van der Waals surface area (Å²) in [6, 6.07) is 9.37. The van der Waals surface area contributed by atoms with Gasteiger partial charge in [0.05, 0.1) is 24.3 Å². The summed E-state index contributed by atoms with van der Waals surface area (Å²) in [5.74, 6) is -5.88. The molecular weight excluding hydrogens is 553 g/mol. The molecule has 210 valence electrons. The molecule has 0 aliphatic carbocycles. The molecule has 5 rings (SSSR count). The third-order valence-electron chi connectivity index (χ3n) is 7.18. The minimum absolute atomic E-state index is 0.0225. The van der Waals surface area contributed by atoms with Gasteiger partial charge in [-0.2, -0.15) is 8.78 Å². The van der Waals surface area contributed by atoms with E-state index in [0.717, 1.165) is 44.8 Å². The minimum Gasteiger partial charge on any atom is -0.489 e. The van der Waals surface area contributed by atoms with E-state index in [-0.39, 0.29) is 23.3 Å². The second-order valence-electron chi connectivity index (χ2n) is 10.0. The number of halogens is 4. The number of carbonyl (C=O) groups is 1. The summed E-state index contributed by atoms with van der Waals surface area (Å²) < 4.78 is 47.2. The zero-order valence-electron chi connectivity index (χ0n) is 21.2. The molecule has 0 unspecified atom stereocenters. The summed E-state index contributed by atoms with van der Waals surface area (Å²) in [6.07, 6.45) is 2.09. The van der Waals surface area contributed by atoms with E-state index < -0.39 is 29.7 Å². The van der Waals surface area contributed by atoms with Gasteiger partial charge in [0.15, 0.2) is 5.76 Å². The van der Waals surface area contributed by atoms with Crippen LogP contribution in [0.15, 0.2) is 46.9 Å². The van der Waals surface area contributed by atoms with Crippen molar-refractivity contribution >= 4 is 40.1 Å². The Morgan fingerprint density at radius 3 is 2.59 bits per heavy atom. The maximum Gasteiger partial charge on any atom is 0.380 e. The Balaban J connectivity index is 1.34. The van der Waals surface area contributed by atoms with Crippen LogP contribution in [0.5, 0.6) is 5.75 Å². The highest BCUT2D eigenvalue weighted by Gasteiger charge is 2.46. The largest absolute Gasteiger partial charge is 0.489 e. The van der Waals surface area contributed by atoms with E-state index in [1.165, 1.54) is 18.2 Å². The summed E-state index contributed by atoms with van der Waals surface area (Å²) in [5.41, 5.74) is 0.568. The molecule has 7 nitrogen and oxygen atoms in total. The Morgan fingerprint density at radius 1 is 1.13 bits per heavy atom. The van der Waals surface area contributed by atoms with E-state index in [9.17, 15) is 9.90 Å². The second-order valence-corrected chi connectivity index (χ2v) is 10.9. The van der Waals surface area contributed by atoms with Crippen LogP contribution in [0, 0.1) is 0 Å². The number of aliphatic hydroxyl groups excluding tert-OH is 1. The summed E-state index contributed by atoms with van der Waals surface area (Å²) in [5, 5.41) is 14.7. The monoisotopic (exact) mass is 582 g/mol. The van der Waals surface area contributed by atoms with E-state index in [0.29, 0.717) is 34.9 Å². The highest BCUT2D eigenvalue weighted by atomic mass is 35.5. The predicted octanol–water partition coefficient (Wildman–Crippen LogP) is 5.70. The third-order valence-corrected chi connectivity index (χ3v) is 7.71. The molecule has 2 fully saturated rings. The lowest BCUT2D eigenvalue weighted by atomic mass is 10.0. The van der Waals surface area contributed by atoms with Crippen molar-refractivity contribution < 1.29 is 32.6 Å². The number of fused-ring (bicyclic) bond motifs is 1. The zero-order valence-corrected chi connectivity index (χ0v) is 22.7. The third kappa shape index (κ3) is 6.49. The number of amides is 1. The molecule has 2 N–H and O–H groups in total. The van der Waals surface area contributed by atoms with Crippen molar-refractivity contribution in [3.05, 3.63) is 63.8 Å². The van der Waals surface area contributed by atoms with Crippen molar-refractivity contribution in [3.8, 4) is 5.75 Å². The molecule has 2 saturated heterocycles. The average Bonchev–Trinajstić information content (AvgIpc) is 3.59. The van der Waals surface area contributed by atoms with Crippen molar-refractivity contribution in [1.29, 1.82) is 0 Å². The fourth-order valence-corrected chi connectivity index (χ4v) is 5.42. The summed E-state index contributed by atoms with van der Waals surface area (Å²) >= 11 is 12.4. The number of hydrogen-bond donors (Lipinski definition) is 2. The number of aliphatic hydroxyl groups is 1. The van der Waals surface area contributed by atoms with Gasteiger partial charge in [0.1, 0.15) is 23.5 Å². The molecule has 1 aromatic heterocycles. The van der Waals surface area contributed by atoms with E-state index in [2.05, 4.69) is 5.32 Å². The average molecular weight is 583 g/mol. The Hall–Kier alpha value is -2.43. The van der Waals surface area contributed by atoms with Crippen LogP contribution in [0.3, 0.4) is 0 Å². The highest BCUT2D eigenvalue weighted by molar-refractivity contribution is 6.32. The Bertz CT molecular complexity index is 1310. The van der Waals surface area contributed by atoms with Crippen LogP contribution >= 0.6 is 23.2 Å². The second kappa shape index (κ2) is 12.0. The SMILES string of the molecule is O=C(N[C@H](CN1CCCC1)[C@@H](O)c1ccc(OC2CCOCC2)c(Cl)c1)C(F)(F)c1cc2cc(Cl)ccc2o1. The first-order valence-electron chi connectivity index (χ1n) is 13.0. The van der Waals surface area contributed by atoms with Gasteiger partial charge in [-0.15, -0.1) is 0 Å². The molecule has 3 aromatic rings. The lowest BCUT2D eigenvalue weighted by molar-refractivity contribution is -0.151. The van der Waals surface area contributed by atoms with Crippen LogP contribution in [0.25, 0.3) is 11.0 Å². The van der Waals surface area contributed by atoms with Crippen LogP contribution in [0.2, 0.25) is 10.0 Å². The molecule has 3 heterocycles. The topological polar surface area (TPSA) is 84.2 Å². The van der Waals surface area contributed by atoms with Gasteiger partial charge in [0, 0.05) is 29.8 Å². The fourth-order valence-electron chi connectivity index (χ4n) is 5.01. The molecule has 0 radical (unpaired) electrons. The Morgan fingerprint density at radius 2 is 1.87 bits per heavy atom. The van der Waals surface area contributed by atoms with Crippen LogP contribution in [0.4, 0.5) is 8.78 Å². The lowest BCUT2D eigenvalue weighted by Gasteiger charge is -2.30. The zero-order chi connectivity index (χ0) is 27.6. The number of nitrogens with zero attached hydrogens (tertiary/aromatic N) is 1. The Labute approximate surface area is 234 Å². The first-order valence-corrected chi connectivity index (χ1v) is 13.8. The van der Waals surface area contributed by atoms with Crippen LogP contribution in [-0.4, -0.2) is 60.9 Å². The van der Waals surface area contributed by atoms with Gasteiger partial charge in [0.25, 0.3) is 5.91 Å².